The van der Waals surface area contributed by atoms with Gasteiger partial charge in [0.15, 0.2) is 0 Å². The van der Waals surface area contributed by atoms with E-state index in [1.807, 2.05) is 31.2 Å². The number of nitrogens with one attached hydrogen (secondary N) is 2. The minimum atomic E-state index is -0.990. The van der Waals surface area contributed by atoms with Crippen molar-refractivity contribution in [2.24, 2.45) is 17.8 Å². The number of hydrogen-bond acceptors (Lipinski definition) is 4. The topological polar surface area (TPSA) is 105 Å². The number of fused-ring (bicyclic) bond motifs is 4. The number of benzene rings is 2. The highest BCUT2D eigenvalue weighted by atomic mass is 16.5. The van der Waals surface area contributed by atoms with E-state index in [1.165, 1.54) is 22.3 Å². The smallest absolute Gasteiger partial charge is 0.407 e. The summed E-state index contributed by atoms with van der Waals surface area (Å²) in [6, 6.07) is 15.7. The first kappa shape index (κ1) is 23.4. The Hall–Kier alpha value is -3.35. The van der Waals surface area contributed by atoms with Crippen molar-refractivity contribution >= 4 is 18.0 Å². The molecule has 2 aromatic rings. The number of alkyl carbamates (subject to hydrolysis) is 1. The van der Waals surface area contributed by atoms with Gasteiger partial charge in [0.25, 0.3) is 0 Å². The van der Waals surface area contributed by atoms with Crippen LogP contribution in [0.2, 0.25) is 0 Å². The summed E-state index contributed by atoms with van der Waals surface area (Å²) in [4.78, 5) is 36.7. The summed E-state index contributed by atoms with van der Waals surface area (Å²) in [5.74, 6) is -0.721. The van der Waals surface area contributed by atoms with Gasteiger partial charge in [-0.05, 0) is 59.8 Å². The number of carbonyl (C=O) groups is 3. The molecule has 0 spiro atoms. The first-order valence-corrected chi connectivity index (χ1v) is 12.6. The highest BCUT2D eigenvalue weighted by molar-refractivity contribution is 5.85. The molecule has 0 radical (unpaired) electrons. The monoisotopic (exact) mass is 476 g/mol. The van der Waals surface area contributed by atoms with Crippen molar-refractivity contribution in [2.45, 2.75) is 57.0 Å². The Bertz CT molecular complexity index is 1090. The fourth-order valence-corrected chi connectivity index (χ4v) is 6.23. The predicted octanol–water partition coefficient (Wildman–Crippen LogP) is 4.31. The number of hydrogen-bond donors (Lipinski definition) is 3. The number of amides is 2. The summed E-state index contributed by atoms with van der Waals surface area (Å²) in [7, 11) is 0. The largest absolute Gasteiger partial charge is 0.480 e. The van der Waals surface area contributed by atoms with Gasteiger partial charge >= 0.3 is 12.1 Å². The third kappa shape index (κ3) is 4.51. The van der Waals surface area contributed by atoms with E-state index in [-0.39, 0.29) is 36.3 Å². The second-order valence-corrected chi connectivity index (χ2v) is 10.1. The maximum Gasteiger partial charge on any atom is 0.407 e. The number of carbonyl (C=O) groups excluding carboxylic acids is 2. The van der Waals surface area contributed by atoms with Gasteiger partial charge in [0.2, 0.25) is 5.91 Å². The molecule has 2 saturated carbocycles. The van der Waals surface area contributed by atoms with Crippen molar-refractivity contribution < 1.29 is 24.2 Å². The van der Waals surface area contributed by atoms with Crippen LogP contribution < -0.4 is 10.6 Å². The normalized spacial score (nSPS) is 24.9. The lowest BCUT2D eigenvalue weighted by Crippen LogP contribution is -2.50. The van der Waals surface area contributed by atoms with Crippen molar-refractivity contribution in [1.29, 1.82) is 0 Å². The van der Waals surface area contributed by atoms with E-state index in [4.69, 9.17) is 4.74 Å². The van der Waals surface area contributed by atoms with Crippen LogP contribution in [0.15, 0.2) is 48.5 Å². The third-order valence-electron chi connectivity index (χ3n) is 8.03. The van der Waals surface area contributed by atoms with Crippen molar-refractivity contribution in [3.05, 3.63) is 59.7 Å². The van der Waals surface area contributed by atoms with E-state index in [0.717, 1.165) is 12.8 Å². The highest BCUT2D eigenvalue weighted by Gasteiger charge is 2.50. The van der Waals surface area contributed by atoms with E-state index >= 15 is 0 Å². The molecule has 0 heterocycles. The van der Waals surface area contributed by atoms with Crippen LogP contribution in [-0.2, 0) is 14.3 Å². The van der Waals surface area contributed by atoms with E-state index in [9.17, 15) is 19.5 Å². The Morgan fingerprint density at radius 2 is 1.66 bits per heavy atom. The number of carboxylic acids is 1. The molecule has 184 valence electrons. The molecule has 5 atom stereocenters. The molecule has 35 heavy (non-hydrogen) atoms. The SMILES string of the molecule is CCCC(NC(=O)C1CC2CC(NC(=O)OCC3c4ccccc4-c4ccccc43)C2C1)C(=O)O. The van der Waals surface area contributed by atoms with Crippen molar-refractivity contribution in [3.63, 3.8) is 0 Å². The molecule has 0 aliphatic heterocycles. The van der Waals surface area contributed by atoms with Gasteiger partial charge in [-0.2, -0.15) is 0 Å². The van der Waals surface area contributed by atoms with Crippen LogP contribution in [-0.4, -0.2) is 41.8 Å². The molecule has 3 aliphatic carbocycles. The van der Waals surface area contributed by atoms with Crippen LogP contribution in [0.5, 0.6) is 0 Å². The molecule has 7 nitrogen and oxygen atoms in total. The van der Waals surface area contributed by atoms with Crippen LogP contribution in [0, 0.1) is 17.8 Å². The van der Waals surface area contributed by atoms with Crippen molar-refractivity contribution in [1.82, 2.24) is 10.6 Å². The van der Waals surface area contributed by atoms with Crippen LogP contribution in [0.3, 0.4) is 0 Å². The lowest BCUT2D eigenvalue weighted by molar-refractivity contribution is -0.142. The zero-order chi connectivity index (χ0) is 24.5. The van der Waals surface area contributed by atoms with E-state index < -0.39 is 18.1 Å². The standard InChI is InChI=1S/C28H32N2O5/c1-2-7-24(27(32)33)29-26(31)17-12-16-14-25(22(16)13-17)30-28(34)35-15-23-20-10-5-3-8-18(20)19-9-4-6-11-21(19)23/h3-6,8-11,16-17,22-25H,2,7,12-15H2,1H3,(H,29,31)(H,30,34)(H,32,33). The van der Waals surface area contributed by atoms with Gasteiger partial charge in [-0.3, -0.25) is 4.79 Å². The third-order valence-corrected chi connectivity index (χ3v) is 8.03. The van der Waals surface area contributed by atoms with E-state index in [1.54, 1.807) is 0 Å². The molecule has 7 heteroatoms. The van der Waals surface area contributed by atoms with Crippen LogP contribution in [0.25, 0.3) is 11.1 Å². The maximum atomic E-state index is 12.6. The second-order valence-electron chi connectivity index (χ2n) is 10.1. The molecule has 3 N–H and O–H groups in total. The molecule has 2 amide bonds. The van der Waals surface area contributed by atoms with Gasteiger partial charge in [-0.1, -0.05) is 61.9 Å². The van der Waals surface area contributed by atoms with Gasteiger partial charge in [0, 0.05) is 17.9 Å². The Kier molecular flexibility index (Phi) is 6.50. The van der Waals surface area contributed by atoms with Crippen molar-refractivity contribution in [3.8, 4) is 11.1 Å². The molecule has 3 aliphatic rings. The molecule has 5 unspecified atom stereocenters. The predicted molar refractivity (Wildman–Crippen MR) is 131 cm³/mol. The summed E-state index contributed by atoms with van der Waals surface area (Å²) in [5, 5.41) is 15.0. The zero-order valence-corrected chi connectivity index (χ0v) is 19.9. The summed E-state index contributed by atoms with van der Waals surface area (Å²) < 4.78 is 5.68. The molecule has 0 saturated heterocycles. The molecular weight excluding hydrogens is 444 g/mol. The summed E-state index contributed by atoms with van der Waals surface area (Å²) >= 11 is 0. The Labute approximate surface area is 205 Å². The lowest BCUT2D eigenvalue weighted by atomic mass is 9.71. The zero-order valence-electron chi connectivity index (χ0n) is 19.9. The highest BCUT2D eigenvalue weighted by Crippen LogP contribution is 2.50. The lowest BCUT2D eigenvalue weighted by Gasteiger charge is -2.40. The quantitative estimate of drug-likeness (QED) is 0.527. The van der Waals surface area contributed by atoms with E-state index in [0.29, 0.717) is 25.2 Å². The average molecular weight is 477 g/mol. The molecule has 0 aromatic heterocycles. The van der Waals surface area contributed by atoms with Gasteiger partial charge in [-0.15, -0.1) is 0 Å². The Morgan fingerprint density at radius 1 is 1.00 bits per heavy atom. The minimum Gasteiger partial charge on any atom is -0.480 e. The Morgan fingerprint density at radius 3 is 2.29 bits per heavy atom. The molecule has 5 rings (SSSR count). The van der Waals surface area contributed by atoms with Gasteiger partial charge < -0.3 is 20.5 Å². The maximum absolute atomic E-state index is 12.6. The summed E-state index contributed by atoms with van der Waals surface area (Å²) in [6.07, 6.45) is 2.94. The van der Waals surface area contributed by atoms with Gasteiger partial charge in [-0.25, -0.2) is 9.59 Å². The summed E-state index contributed by atoms with van der Waals surface area (Å²) in [5.41, 5.74) is 4.74. The van der Waals surface area contributed by atoms with Crippen LogP contribution >= 0.6 is 0 Å². The first-order valence-electron chi connectivity index (χ1n) is 12.6. The molecule has 2 fully saturated rings. The number of ether oxygens (including phenoxy) is 1. The fourth-order valence-electron chi connectivity index (χ4n) is 6.23. The summed E-state index contributed by atoms with van der Waals surface area (Å²) in [6.45, 7) is 2.18. The average Bonchev–Trinajstić information content (AvgIpc) is 3.36. The first-order chi connectivity index (χ1) is 17.0. The Balaban J connectivity index is 1.13. The fraction of sp³-hybridized carbons (Fsp3) is 0.464. The van der Waals surface area contributed by atoms with Crippen LogP contribution in [0.4, 0.5) is 4.79 Å². The minimum absolute atomic E-state index is 0.000590. The van der Waals surface area contributed by atoms with Crippen LogP contribution in [0.1, 0.15) is 56.1 Å². The number of rotatable bonds is 8. The second kappa shape index (κ2) is 9.72. The molecule has 2 aromatic carbocycles. The van der Waals surface area contributed by atoms with Gasteiger partial charge in [0.05, 0.1) is 0 Å². The molecular formula is C28H32N2O5. The van der Waals surface area contributed by atoms with E-state index in [2.05, 4.69) is 34.9 Å². The molecule has 0 bridgehead atoms. The van der Waals surface area contributed by atoms with Crippen molar-refractivity contribution in [2.75, 3.05) is 6.61 Å². The number of carboxylic acid groups (broad SMARTS) is 1. The number of aliphatic carboxylic acids is 1. The van der Waals surface area contributed by atoms with Gasteiger partial charge in [0.1, 0.15) is 12.6 Å².